The van der Waals surface area contributed by atoms with Crippen molar-refractivity contribution in [3.63, 3.8) is 0 Å². The Morgan fingerprint density at radius 3 is 1.55 bits per heavy atom. The Hall–Kier alpha value is -7.17. The monoisotopic (exact) mass is 674 g/mol. The first-order valence-electron chi connectivity index (χ1n) is 17.9. The number of hydrogen-bond donors (Lipinski definition) is 0. The molecular weight excluding hydrogens is 645 g/mol. The number of nitrogens with zero attached hydrogens (tertiary/aromatic N) is 4. The highest BCUT2D eigenvalue weighted by molar-refractivity contribution is 6.22. The van der Waals surface area contributed by atoms with Gasteiger partial charge in [0.25, 0.3) is 0 Å². The van der Waals surface area contributed by atoms with Crippen LogP contribution in [-0.2, 0) is 0 Å². The van der Waals surface area contributed by atoms with Crippen LogP contribution in [-0.4, -0.2) is 19.5 Å². The maximum atomic E-state index is 5.12. The minimum Gasteiger partial charge on any atom is -0.309 e. The number of benzene rings is 9. The van der Waals surface area contributed by atoms with Crippen LogP contribution in [0.3, 0.4) is 0 Å². The summed E-state index contributed by atoms with van der Waals surface area (Å²) in [6.45, 7) is 0. The van der Waals surface area contributed by atoms with Crippen molar-refractivity contribution >= 4 is 64.9 Å². The number of rotatable bonds is 4. The van der Waals surface area contributed by atoms with E-state index in [9.17, 15) is 0 Å². The van der Waals surface area contributed by atoms with E-state index in [2.05, 4.69) is 168 Å². The summed E-state index contributed by atoms with van der Waals surface area (Å²) in [6, 6.07) is 64.5. The van der Waals surface area contributed by atoms with E-state index < -0.39 is 0 Å². The van der Waals surface area contributed by atoms with Crippen molar-refractivity contribution in [1.82, 2.24) is 19.5 Å². The second kappa shape index (κ2) is 11.7. The van der Waals surface area contributed by atoms with Crippen molar-refractivity contribution in [2.75, 3.05) is 0 Å². The molecule has 11 aromatic rings. The summed E-state index contributed by atoms with van der Waals surface area (Å²) in [5.41, 5.74) is 6.28. The van der Waals surface area contributed by atoms with E-state index in [0.29, 0.717) is 17.5 Å². The SMILES string of the molecule is c1ccc(-c2nc(-c3ccc(-n4c5ccccc5c5c6ccccc6ccc54)cc3)nc(-c3ccc4c(ccc5ccc6ccccc6c54)c3)n2)cc1. The van der Waals surface area contributed by atoms with Gasteiger partial charge >= 0.3 is 0 Å². The first-order chi connectivity index (χ1) is 26.3. The fourth-order valence-electron chi connectivity index (χ4n) is 8.10. The Balaban J connectivity index is 1.06. The molecule has 0 amide bonds. The van der Waals surface area contributed by atoms with Gasteiger partial charge in [-0.15, -0.1) is 0 Å². The molecule has 11 rings (SSSR count). The van der Waals surface area contributed by atoms with Crippen molar-refractivity contribution in [2.24, 2.45) is 0 Å². The molecule has 2 aromatic heterocycles. The Morgan fingerprint density at radius 1 is 0.302 bits per heavy atom. The van der Waals surface area contributed by atoms with Crippen LogP contribution in [0.1, 0.15) is 0 Å². The van der Waals surface area contributed by atoms with Crippen LogP contribution in [0.4, 0.5) is 0 Å². The lowest BCUT2D eigenvalue weighted by atomic mass is 9.95. The molecule has 9 aromatic carbocycles. The summed E-state index contributed by atoms with van der Waals surface area (Å²) in [4.78, 5) is 15.2. The highest BCUT2D eigenvalue weighted by Gasteiger charge is 2.17. The highest BCUT2D eigenvalue weighted by atomic mass is 15.0. The molecule has 0 saturated heterocycles. The van der Waals surface area contributed by atoms with Crippen molar-refractivity contribution < 1.29 is 0 Å². The van der Waals surface area contributed by atoms with Crippen molar-refractivity contribution in [1.29, 1.82) is 0 Å². The first-order valence-corrected chi connectivity index (χ1v) is 17.9. The third-order valence-corrected chi connectivity index (χ3v) is 10.6. The summed E-state index contributed by atoms with van der Waals surface area (Å²) in [7, 11) is 0. The molecule has 0 aliphatic rings. The van der Waals surface area contributed by atoms with E-state index in [1.807, 2.05) is 18.2 Å². The van der Waals surface area contributed by atoms with Crippen LogP contribution in [0.2, 0.25) is 0 Å². The van der Waals surface area contributed by atoms with Gasteiger partial charge < -0.3 is 4.57 Å². The Bertz CT molecular complexity index is 3220. The van der Waals surface area contributed by atoms with E-state index in [4.69, 9.17) is 15.0 Å². The molecule has 0 saturated carbocycles. The lowest BCUT2D eigenvalue weighted by Crippen LogP contribution is -2.00. The number of aromatic nitrogens is 4. The molecule has 0 unspecified atom stereocenters. The van der Waals surface area contributed by atoms with E-state index in [0.717, 1.165) is 27.8 Å². The Labute approximate surface area is 305 Å². The molecule has 246 valence electrons. The zero-order chi connectivity index (χ0) is 34.9. The first kappa shape index (κ1) is 29.5. The molecule has 4 heteroatoms. The van der Waals surface area contributed by atoms with E-state index in [1.165, 1.54) is 59.5 Å². The lowest BCUT2D eigenvalue weighted by molar-refractivity contribution is 1.07. The largest absolute Gasteiger partial charge is 0.309 e. The minimum absolute atomic E-state index is 0.637. The molecule has 0 N–H and O–H groups in total. The van der Waals surface area contributed by atoms with Crippen LogP contribution in [0.5, 0.6) is 0 Å². The zero-order valence-corrected chi connectivity index (χ0v) is 28.6. The van der Waals surface area contributed by atoms with E-state index in [1.54, 1.807) is 0 Å². The standard InChI is InChI=1S/C49H30N4/c1-2-12-34(13-3-1)47-50-48(52-49(51-47)37-24-28-41-36(30-37)21-20-33-19-18-31-10-4-6-14-39(31)45(33)41)35-22-26-38(27-23-35)53-43-17-9-8-16-42(43)46-40-15-7-5-11-32(40)25-29-44(46)53/h1-30H. The average molecular weight is 675 g/mol. The summed E-state index contributed by atoms with van der Waals surface area (Å²) < 4.78 is 2.36. The van der Waals surface area contributed by atoms with Gasteiger partial charge in [-0.3, -0.25) is 0 Å². The fourth-order valence-corrected chi connectivity index (χ4v) is 8.10. The predicted molar refractivity (Wildman–Crippen MR) is 220 cm³/mol. The second-order valence-corrected chi connectivity index (χ2v) is 13.6. The summed E-state index contributed by atoms with van der Waals surface area (Å²) >= 11 is 0. The third kappa shape index (κ3) is 4.73. The lowest BCUT2D eigenvalue weighted by Gasteiger charge is -2.12. The zero-order valence-electron chi connectivity index (χ0n) is 28.6. The van der Waals surface area contributed by atoms with E-state index >= 15 is 0 Å². The molecule has 0 atom stereocenters. The van der Waals surface area contributed by atoms with Gasteiger partial charge in [-0.05, 0) is 85.6 Å². The topological polar surface area (TPSA) is 43.6 Å². The van der Waals surface area contributed by atoms with Gasteiger partial charge in [0.05, 0.1) is 11.0 Å². The maximum Gasteiger partial charge on any atom is 0.164 e. The average Bonchev–Trinajstić information content (AvgIpc) is 3.58. The molecule has 0 bridgehead atoms. The minimum atomic E-state index is 0.637. The summed E-state index contributed by atoms with van der Waals surface area (Å²) in [5, 5.41) is 12.4. The Morgan fingerprint density at radius 2 is 0.811 bits per heavy atom. The smallest absolute Gasteiger partial charge is 0.164 e. The fraction of sp³-hybridized carbons (Fsp3) is 0. The third-order valence-electron chi connectivity index (χ3n) is 10.6. The van der Waals surface area contributed by atoms with Crippen LogP contribution in [0, 0.1) is 0 Å². The van der Waals surface area contributed by atoms with Crippen LogP contribution < -0.4 is 0 Å². The van der Waals surface area contributed by atoms with Crippen LogP contribution in [0.25, 0.3) is 105 Å². The number of para-hydroxylation sites is 1. The van der Waals surface area contributed by atoms with Gasteiger partial charge in [0.1, 0.15) is 0 Å². The predicted octanol–water partition coefficient (Wildman–Crippen LogP) is 12.6. The quantitative estimate of drug-likeness (QED) is 0.175. The van der Waals surface area contributed by atoms with Crippen molar-refractivity contribution in [3.05, 3.63) is 182 Å². The molecule has 0 aliphatic carbocycles. The van der Waals surface area contributed by atoms with Crippen LogP contribution >= 0.6 is 0 Å². The Kier molecular flexibility index (Phi) is 6.52. The highest BCUT2D eigenvalue weighted by Crippen LogP contribution is 2.38. The number of fused-ring (bicyclic) bond motifs is 10. The van der Waals surface area contributed by atoms with E-state index in [-0.39, 0.29) is 0 Å². The van der Waals surface area contributed by atoms with Gasteiger partial charge in [0, 0.05) is 33.2 Å². The normalized spacial score (nSPS) is 11.8. The van der Waals surface area contributed by atoms with Crippen molar-refractivity contribution in [2.45, 2.75) is 0 Å². The van der Waals surface area contributed by atoms with Crippen molar-refractivity contribution in [3.8, 4) is 39.9 Å². The second-order valence-electron chi connectivity index (χ2n) is 13.6. The van der Waals surface area contributed by atoms with Gasteiger partial charge in [-0.1, -0.05) is 140 Å². The molecule has 0 aliphatic heterocycles. The summed E-state index contributed by atoms with van der Waals surface area (Å²) in [6.07, 6.45) is 0. The molecular formula is C49H30N4. The van der Waals surface area contributed by atoms with Crippen LogP contribution in [0.15, 0.2) is 182 Å². The number of hydrogen-bond acceptors (Lipinski definition) is 3. The molecule has 0 radical (unpaired) electrons. The van der Waals surface area contributed by atoms with Gasteiger partial charge in [-0.2, -0.15) is 0 Å². The molecule has 2 heterocycles. The molecule has 0 fully saturated rings. The summed E-state index contributed by atoms with van der Waals surface area (Å²) in [5.74, 6) is 1.93. The van der Waals surface area contributed by atoms with Gasteiger partial charge in [-0.25, -0.2) is 15.0 Å². The molecule has 4 nitrogen and oxygen atoms in total. The van der Waals surface area contributed by atoms with Gasteiger partial charge in [0.15, 0.2) is 17.5 Å². The molecule has 0 spiro atoms. The molecule has 53 heavy (non-hydrogen) atoms. The van der Waals surface area contributed by atoms with Gasteiger partial charge in [0.2, 0.25) is 0 Å². The maximum absolute atomic E-state index is 5.12.